The number of carbonyl (C=O) groups is 1. The number of benzene rings is 2. The van der Waals surface area contributed by atoms with Crippen molar-refractivity contribution in [2.45, 2.75) is 26.0 Å². The van der Waals surface area contributed by atoms with Crippen molar-refractivity contribution in [1.29, 1.82) is 0 Å². The first-order valence-electron chi connectivity index (χ1n) is 10.6. The van der Waals surface area contributed by atoms with E-state index in [2.05, 4.69) is 20.9 Å². The first-order valence-corrected chi connectivity index (χ1v) is 10.6. The molecule has 1 amide bonds. The Morgan fingerprint density at radius 3 is 2.48 bits per heavy atom. The lowest BCUT2D eigenvalue weighted by Gasteiger charge is -2.25. The Morgan fingerprint density at radius 1 is 1.06 bits per heavy atom. The number of rotatable bonds is 10. The number of hydrogen-bond donors (Lipinski definition) is 4. The average molecular weight is 426 g/mol. The summed E-state index contributed by atoms with van der Waals surface area (Å²) in [6.45, 7) is 6.60. The Hall–Kier alpha value is -2.90. The van der Waals surface area contributed by atoms with Crippen LogP contribution in [0.15, 0.2) is 59.6 Å². The number of nitrogens with one attached hydrogen (secondary N) is 3. The average Bonchev–Trinajstić information content (AvgIpc) is 2.76. The molecule has 4 N–H and O–H groups in total. The number of guanidine groups is 1. The molecule has 1 unspecified atom stereocenters. The molecular formula is C24H35N5O2. The third kappa shape index (κ3) is 8.39. The summed E-state index contributed by atoms with van der Waals surface area (Å²) in [7, 11) is 3.94. The van der Waals surface area contributed by atoms with Crippen molar-refractivity contribution in [2.75, 3.05) is 40.3 Å². The van der Waals surface area contributed by atoms with Crippen molar-refractivity contribution < 1.29 is 9.90 Å². The van der Waals surface area contributed by atoms with Crippen molar-refractivity contribution in [3.05, 3.63) is 71.3 Å². The molecule has 2 rings (SSSR count). The fourth-order valence-electron chi connectivity index (χ4n) is 2.97. The molecule has 0 spiro atoms. The molecule has 168 valence electrons. The second-order valence-electron chi connectivity index (χ2n) is 7.95. The van der Waals surface area contributed by atoms with Crippen molar-refractivity contribution in [3.8, 4) is 0 Å². The third-order valence-electron chi connectivity index (χ3n) is 4.79. The number of aliphatic hydroxyl groups is 1. The molecule has 0 aliphatic rings. The Labute approximate surface area is 185 Å². The molecule has 1 atom stereocenters. The monoisotopic (exact) mass is 425 g/mol. The lowest BCUT2D eigenvalue weighted by molar-refractivity contribution is 0.0617. The third-order valence-corrected chi connectivity index (χ3v) is 4.79. The summed E-state index contributed by atoms with van der Waals surface area (Å²) in [6, 6.07) is 17.0. The molecule has 2 aromatic rings. The van der Waals surface area contributed by atoms with E-state index in [1.54, 1.807) is 13.0 Å². The molecule has 7 heteroatoms. The zero-order valence-corrected chi connectivity index (χ0v) is 19.0. The summed E-state index contributed by atoms with van der Waals surface area (Å²) in [6.07, 6.45) is 0. The SMILES string of the molecule is CCNC(=NCc1cccc(C(=O)NCCN(C)C)c1)NCC(C)(O)c1ccccc1. The molecule has 0 radical (unpaired) electrons. The van der Waals surface area contributed by atoms with E-state index < -0.39 is 5.60 Å². The van der Waals surface area contributed by atoms with Crippen molar-refractivity contribution >= 4 is 11.9 Å². The van der Waals surface area contributed by atoms with Gasteiger partial charge in [0, 0.05) is 25.2 Å². The summed E-state index contributed by atoms with van der Waals surface area (Å²) in [5.74, 6) is 0.524. The smallest absolute Gasteiger partial charge is 0.251 e. The van der Waals surface area contributed by atoms with E-state index in [9.17, 15) is 9.90 Å². The Balaban J connectivity index is 1.99. The molecule has 0 saturated heterocycles. The van der Waals surface area contributed by atoms with Gasteiger partial charge in [-0.1, -0.05) is 42.5 Å². The van der Waals surface area contributed by atoms with Gasteiger partial charge in [0.2, 0.25) is 0 Å². The maximum atomic E-state index is 12.3. The quantitative estimate of drug-likeness (QED) is 0.345. The van der Waals surface area contributed by atoms with Crippen LogP contribution in [0.1, 0.15) is 35.3 Å². The van der Waals surface area contributed by atoms with Crippen LogP contribution in [0.4, 0.5) is 0 Å². The number of amides is 1. The molecule has 0 aromatic heterocycles. The van der Waals surface area contributed by atoms with Crippen LogP contribution in [0.25, 0.3) is 0 Å². The van der Waals surface area contributed by atoms with Crippen molar-refractivity contribution in [2.24, 2.45) is 4.99 Å². The second-order valence-corrected chi connectivity index (χ2v) is 7.95. The minimum Gasteiger partial charge on any atom is -0.384 e. The largest absolute Gasteiger partial charge is 0.384 e. The Kier molecular flexibility index (Phi) is 9.49. The van der Waals surface area contributed by atoms with Crippen LogP contribution in [0.2, 0.25) is 0 Å². The lowest BCUT2D eigenvalue weighted by atomic mass is 9.96. The van der Waals surface area contributed by atoms with Crippen LogP contribution in [-0.2, 0) is 12.1 Å². The predicted molar refractivity (Wildman–Crippen MR) is 126 cm³/mol. The van der Waals surface area contributed by atoms with Gasteiger partial charge in [0.1, 0.15) is 5.60 Å². The summed E-state index contributed by atoms with van der Waals surface area (Å²) < 4.78 is 0. The molecular weight excluding hydrogens is 390 g/mol. The number of nitrogens with zero attached hydrogens (tertiary/aromatic N) is 2. The maximum Gasteiger partial charge on any atom is 0.251 e. The minimum absolute atomic E-state index is 0.0865. The van der Waals surface area contributed by atoms with E-state index in [1.807, 2.05) is 74.4 Å². The van der Waals surface area contributed by atoms with Gasteiger partial charge in [-0.25, -0.2) is 4.99 Å². The molecule has 31 heavy (non-hydrogen) atoms. The molecule has 7 nitrogen and oxygen atoms in total. The molecule has 0 aliphatic carbocycles. The number of carbonyl (C=O) groups excluding carboxylic acids is 1. The summed E-state index contributed by atoms with van der Waals surface area (Å²) in [5, 5.41) is 20.1. The van der Waals surface area contributed by atoms with E-state index in [4.69, 9.17) is 0 Å². The summed E-state index contributed by atoms with van der Waals surface area (Å²) >= 11 is 0. The summed E-state index contributed by atoms with van der Waals surface area (Å²) in [4.78, 5) is 19.0. The minimum atomic E-state index is -1.03. The van der Waals surface area contributed by atoms with Crippen LogP contribution in [0.5, 0.6) is 0 Å². The standard InChI is InChI=1S/C24H35N5O2/c1-5-25-23(28-18-24(2,31)21-12-7-6-8-13-21)27-17-19-10-9-11-20(16-19)22(30)26-14-15-29(3)4/h6-13,16,31H,5,14-15,17-18H2,1-4H3,(H,26,30)(H2,25,27,28). The Bertz CT molecular complexity index is 850. The molecule has 0 aliphatic heterocycles. The van der Waals surface area contributed by atoms with Crippen LogP contribution in [0.3, 0.4) is 0 Å². The van der Waals surface area contributed by atoms with Gasteiger partial charge in [0.05, 0.1) is 13.1 Å². The Morgan fingerprint density at radius 2 is 1.81 bits per heavy atom. The molecule has 0 heterocycles. The first-order chi connectivity index (χ1) is 14.8. The van der Waals surface area contributed by atoms with E-state index in [0.29, 0.717) is 37.7 Å². The fourth-order valence-corrected chi connectivity index (χ4v) is 2.97. The molecule has 2 aromatic carbocycles. The highest BCUT2D eigenvalue weighted by atomic mass is 16.3. The zero-order valence-electron chi connectivity index (χ0n) is 19.0. The zero-order chi connectivity index (χ0) is 22.7. The van der Waals surface area contributed by atoms with E-state index in [0.717, 1.165) is 17.7 Å². The maximum absolute atomic E-state index is 12.3. The summed E-state index contributed by atoms with van der Waals surface area (Å²) in [5.41, 5.74) is 1.37. The highest BCUT2D eigenvalue weighted by molar-refractivity contribution is 5.94. The van der Waals surface area contributed by atoms with Gasteiger partial charge >= 0.3 is 0 Å². The van der Waals surface area contributed by atoms with E-state index in [-0.39, 0.29) is 5.91 Å². The molecule has 0 fully saturated rings. The van der Waals surface area contributed by atoms with Gasteiger partial charge in [-0.3, -0.25) is 4.79 Å². The van der Waals surface area contributed by atoms with Gasteiger partial charge in [0.15, 0.2) is 5.96 Å². The van der Waals surface area contributed by atoms with Gasteiger partial charge in [-0.2, -0.15) is 0 Å². The van der Waals surface area contributed by atoms with Crippen molar-refractivity contribution in [1.82, 2.24) is 20.9 Å². The van der Waals surface area contributed by atoms with Gasteiger partial charge in [-0.15, -0.1) is 0 Å². The van der Waals surface area contributed by atoms with Crippen molar-refractivity contribution in [3.63, 3.8) is 0 Å². The second kappa shape index (κ2) is 12.1. The normalized spacial score (nSPS) is 13.5. The molecule has 0 saturated carbocycles. The van der Waals surface area contributed by atoms with Crippen LogP contribution in [-0.4, -0.2) is 62.1 Å². The topological polar surface area (TPSA) is 89.0 Å². The number of hydrogen-bond acceptors (Lipinski definition) is 4. The number of aliphatic imine (C=N–C) groups is 1. The molecule has 0 bridgehead atoms. The predicted octanol–water partition coefficient (Wildman–Crippen LogP) is 1.94. The van der Waals surface area contributed by atoms with E-state index >= 15 is 0 Å². The van der Waals surface area contributed by atoms with E-state index in [1.165, 1.54) is 0 Å². The highest BCUT2D eigenvalue weighted by Crippen LogP contribution is 2.18. The lowest BCUT2D eigenvalue weighted by Crippen LogP contribution is -2.44. The van der Waals surface area contributed by atoms with Gasteiger partial charge < -0.3 is 26.0 Å². The highest BCUT2D eigenvalue weighted by Gasteiger charge is 2.22. The van der Waals surface area contributed by atoms with Crippen LogP contribution >= 0.6 is 0 Å². The van der Waals surface area contributed by atoms with Crippen LogP contribution < -0.4 is 16.0 Å². The fraction of sp³-hybridized carbons (Fsp3) is 0.417. The number of likely N-dealkylation sites (N-methyl/N-ethyl adjacent to an activating group) is 1. The van der Waals surface area contributed by atoms with Gasteiger partial charge in [-0.05, 0) is 51.2 Å². The van der Waals surface area contributed by atoms with Gasteiger partial charge in [0.25, 0.3) is 5.91 Å². The van der Waals surface area contributed by atoms with Crippen LogP contribution in [0, 0.1) is 0 Å². The first kappa shape index (κ1) is 24.4.